The van der Waals surface area contributed by atoms with Crippen LogP contribution in [0.3, 0.4) is 0 Å². The molecular formula is C18H27FN2. The van der Waals surface area contributed by atoms with Crippen LogP contribution < -0.4 is 10.6 Å². The van der Waals surface area contributed by atoms with Crippen LogP contribution in [0.15, 0.2) is 18.2 Å². The summed E-state index contributed by atoms with van der Waals surface area (Å²) in [6.07, 6.45) is 8.74. The van der Waals surface area contributed by atoms with Crippen LogP contribution in [0.25, 0.3) is 0 Å². The van der Waals surface area contributed by atoms with E-state index in [0.29, 0.717) is 11.8 Å². The zero-order chi connectivity index (χ0) is 14.9. The maximum atomic E-state index is 14.2. The number of hydrogen-bond donors (Lipinski definition) is 1. The van der Waals surface area contributed by atoms with E-state index in [2.05, 4.69) is 11.0 Å². The molecule has 3 heteroatoms. The van der Waals surface area contributed by atoms with Crippen LogP contribution in [0.1, 0.15) is 51.0 Å². The van der Waals surface area contributed by atoms with Crippen molar-refractivity contribution in [1.29, 1.82) is 0 Å². The van der Waals surface area contributed by atoms with Gasteiger partial charge in [0.25, 0.3) is 0 Å². The second-order valence-corrected chi connectivity index (χ2v) is 7.11. The monoisotopic (exact) mass is 290 g/mol. The van der Waals surface area contributed by atoms with E-state index in [1.807, 2.05) is 13.0 Å². The van der Waals surface area contributed by atoms with Gasteiger partial charge in [0.2, 0.25) is 0 Å². The highest BCUT2D eigenvalue weighted by molar-refractivity contribution is 5.55. The van der Waals surface area contributed by atoms with Gasteiger partial charge in [-0.05, 0) is 56.6 Å². The van der Waals surface area contributed by atoms with Crippen molar-refractivity contribution >= 4 is 5.69 Å². The fraction of sp³-hybridized carbons (Fsp3) is 0.667. The molecule has 1 atom stereocenters. The molecule has 1 saturated heterocycles. The number of rotatable bonds is 3. The average molecular weight is 290 g/mol. The molecule has 116 valence electrons. The number of hydrogen-bond acceptors (Lipinski definition) is 2. The van der Waals surface area contributed by atoms with Crippen molar-refractivity contribution in [3.8, 4) is 0 Å². The molecule has 2 nitrogen and oxygen atoms in total. The van der Waals surface area contributed by atoms with Gasteiger partial charge in [0.15, 0.2) is 0 Å². The van der Waals surface area contributed by atoms with Crippen molar-refractivity contribution in [3.05, 3.63) is 29.6 Å². The van der Waals surface area contributed by atoms with Gasteiger partial charge in [-0.1, -0.05) is 18.9 Å². The Labute approximate surface area is 127 Å². The predicted molar refractivity (Wildman–Crippen MR) is 86.1 cm³/mol. The first-order valence-corrected chi connectivity index (χ1v) is 8.38. The van der Waals surface area contributed by atoms with E-state index in [9.17, 15) is 4.39 Å². The van der Waals surface area contributed by atoms with Gasteiger partial charge in [-0.15, -0.1) is 0 Å². The minimum atomic E-state index is -0.106. The van der Waals surface area contributed by atoms with Crippen molar-refractivity contribution in [1.82, 2.24) is 0 Å². The molecule has 1 aromatic rings. The summed E-state index contributed by atoms with van der Waals surface area (Å²) in [5.74, 6) is -0.106. The number of halogens is 1. The van der Waals surface area contributed by atoms with Gasteiger partial charge >= 0.3 is 0 Å². The second kappa shape index (κ2) is 5.96. The molecular weight excluding hydrogens is 263 g/mol. The van der Waals surface area contributed by atoms with Gasteiger partial charge in [0, 0.05) is 30.4 Å². The number of nitrogens with two attached hydrogens (primary N) is 1. The Morgan fingerprint density at radius 1 is 1.19 bits per heavy atom. The Hall–Kier alpha value is -1.09. The van der Waals surface area contributed by atoms with E-state index in [0.717, 1.165) is 24.3 Å². The minimum absolute atomic E-state index is 0.00776. The van der Waals surface area contributed by atoms with Crippen LogP contribution in [0.2, 0.25) is 0 Å². The molecule has 2 N–H and O–H groups in total. The Morgan fingerprint density at radius 2 is 1.86 bits per heavy atom. The summed E-state index contributed by atoms with van der Waals surface area (Å²) in [6.45, 7) is 4.07. The number of nitrogens with zero attached hydrogens (tertiary/aromatic N) is 1. The first kappa shape index (κ1) is 14.8. The molecule has 1 aliphatic carbocycles. The number of benzene rings is 1. The summed E-state index contributed by atoms with van der Waals surface area (Å²) in [7, 11) is 0. The Balaban J connectivity index is 1.77. The maximum Gasteiger partial charge on any atom is 0.128 e. The van der Waals surface area contributed by atoms with Gasteiger partial charge in [0.1, 0.15) is 5.82 Å². The van der Waals surface area contributed by atoms with Gasteiger partial charge in [-0.3, -0.25) is 0 Å². The second-order valence-electron chi connectivity index (χ2n) is 7.11. The molecule has 2 fully saturated rings. The van der Waals surface area contributed by atoms with Crippen molar-refractivity contribution in [2.75, 3.05) is 18.0 Å². The topological polar surface area (TPSA) is 29.3 Å². The number of piperidine rings is 1. The van der Waals surface area contributed by atoms with E-state index >= 15 is 0 Å². The smallest absolute Gasteiger partial charge is 0.128 e. The lowest BCUT2D eigenvalue weighted by molar-refractivity contribution is 0.226. The normalized spacial score (nSPS) is 22.7. The Kier molecular flexibility index (Phi) is 4.21. The lowest BCUT2D eigenvalue weighted by atomic mass is 9.77. The van der Waals surface area contributed by atoms with E-state index < -0.39 is 0 Å². The molecule has 3 rings (SSSR count). The molecule has 0 radical (unpaired) electrons. The quantitative estimate of drug-likeness (QED) is 0.915. The molecule has 1 saturated carbocycles. The molecule has 0 amide bonds. The van der Waals surface area contributed by atoms with Crippen molar-refractivity contribution in [3.63, 3.8) is 0 Å². The van der Waals surface area contributed by atoms with Crippen LogP contribution in [0.4, 0.5) is 10.1 Å². The van der Waals surface area contributed by atoms with E-state index in [1.165, 1.54) is 38.5 Å². The van der Waals surface area contributed by atoms with Crippen LogP contribution in [-0.4, -0.2) is 19.1 Å². The first-order chi connectivity index (χ1) is 10.1. The molecule has 1 heterocycles. The summed E-state index contributed by atoms with van der Waals surface area (Å²) >= 11 is 0. The lowest BCUT2D eigenvalue weighted by Gasteiger charge is -2.41. The fourth-order valence-electron chi connectivity index (χ4n) is 4.21. The third-order valence-corrected chi connectivity index (χ3v) is 5.45. The average Bonchev–Trinajstić information content (AvgIpc) is 2.90. The standard InChI is InChI=1S/C18H27FN2/c1-14(20)13-15-16(19)5-4-6-17(15)21-11-9-18(10-12-21)7-2-3-8-18/h4-6,14H,2-3,7-13,20H2,1H3. The Bertz CT molecular complexity index is 482. The molecule has 1 aliphatic heterocycles. The van der Waals surface area contributed by atoms with Crippen molar-refractivity contribution in [2.45, 2.75) is 57.9 Å². The highest BCUT2D eigenvalue weighted by atomic mass is 19.1. The third kappa shape index (κ3) is 3.08. The molecule has 1 aromatic carbocycles. The molecule has 1 unspecified atom stereocenters. The zero-order valence-corrected chi connectivity index (χ0v) is 13.1. The van der Waals surface area contributed by atoms with E-state index in [-0.39, 0.29) is 11.9 Å². The highest BCUT2D eigenvalue weighted by Gasteiger charge is 2.37. The van der Waals surface area contributed by atoms with Gasteiger partial charge in [-0.2, -0.15) is 0 Å². The van der Waals surface area contributed by atoms with Crippen molar-refractivity contribution < 1.29 is 4.39 Å². The molecule has 0 bridgehead atoms. The molecule has 1 spiro atoms. The molecule has 2 aliphatic rings. The number of anilines is 1. The summed E-state index contributed by atoms with van der Waals surface area (Å²) in [5.41, 5.74) is 8.37. The molecule has 0 aromatic heterocycles. The van der Waals surface area contributed by atoms with Crippen LogP contribution in [0, 0.1) is 11.2 Å². The predicted octanol–water partition coefficient (Wildman–Crippen LogP) is 3.88. The SMILES string of the molecule is CC(N)Cc1c(F)cccc1N1CCC2(CCCC2)CC1. The lowest BCUT2D eigenvalue weighted by Crippen LogP contribution is -2.39. The Morgan fingerprint density at radius 3 is 2.48 bits per heavy atom. The van der Waals surface area contributed by atoms with E-state index in [4.69, 9.17) is 5.73 Å². The first-order valence-electron chi connectivity index (χ1n) is 8.38. The largest absolute Gasteiger partial charge is 0.371 e. The maximum absolute atomic E-state index is 14.2. The third-order valence-electron chi connectivity index (χ3n) is 5.45. The molecule has 21 heavy (non-hydrogen) atoms. The zero-order valence-electron chi connectivity index (χ0n) is 13.1. The van der Waals surface area contributed by atoms with Crippen LogP contribution >= 0.6 is 0 Å². The highest BCUT2D eigenvalue weighted by Crippen LogP contribution is 2.47. The van der Waals surface area contributed by atoms with Crippen molar-refractivity contribution in [2.24, 2.45) is 11.1 Å². The fourth-order valence-corrected chi connectivity index (χ4v) is 4.21. The minimum Gasteiger partial charge on any atom is -0.371 e. The summed E-state index contributed by atoms with van der Waals surface area (Å²) in [4.78, 5) is 2.38. The van der Waals surface area contributed by atoms with Gasteiger partial charge in [-0.25, -0.2) is 4.39 Å². The van der Waals surface area contributed by atoms with Gasteiger partial charge in [0.05, 0.1) is 0 Å². The van der Waals surface area contributed by atoms with E-state index in [1.54, 1.807) is 6.07 Å². The van der Waals surface area contributed by atoms with Crippen LogP contribution in [-0.2, 0) is 6.42 Å². The summed E-state index contributed by atoms with van der Waals surface area (Å²) in [5, 5.41) is 0. The van der Waals surface area contributed by atoms with Crippen LogP contribution in [0.5, 0.6) is 0 Å². The summed E-state index contributed by atoms with van der Waals surface area (Å²) in [6, 6.07) is 5.44. The van der Waals surface area contributed by atoms with Gasteiger partial charge < -0.3 is 10.6 Å². The summed E-state index contributed by atoms with van der Waals surface area (Å²) < 4.78 is 14.2.